The number of nitrogens with one attached hydrogen (secondary N) is 1. The summed E-state index contributed by atoms with van der Waals surface area (Å²) in [5, 5.41) is 1.94. The smallest absolute Gasteiger partial charge is 0.264 e. The van der Waals surface area contributed by atoms with Crippen LogP contribution < -0.4 is 5.56 Å². The quantitative estimate of drug-likeness (QED) is 0.808. The second kappa shape index (κ2) is 8.63. The van der Waals surface area contributed by atoms with Gasteiger partial charge in [-0.1, -0.05) is 25.3 Å². The summed E-state index contributed by atoms with van der Waals surface area (Å²) in [5.74, 6) is 0.729. The molecule has 2 aromatic rings. The average Bonchev–Trinajstić information content (AvgIpc) is 3.34. The van der Waals surface area contributed by atoms with Crippen molar-refractivity contribution in [2.75, 3.05) is 13.1 Å². The highest BCUT2D eigenvalue weighted by molar-refractivity contribution is 7.12. The topological polar surface area (TPSA) is 69.3 Å². The monoisotopic (exact) mass is 426 g/mol. The molecule has 7 heteroatoms. The number of fused-ring (bicyclic) bond motifs is 1. The van der Waals surface area contributed by atoms with Gasteiger partial charge in [-0.05, 0) is 50.0 Å². The second-order valence-corrected chi connectivity index (χ2v) is 9.82. The number of H-pyrrole nitrogens is 1. The van der Waals surface area contributed by atoms with Gasteiger partial charge in [-0.15, -0.1) is 11.3 Å². The number of aromatic amines is 1. The standard InChI is InChI=1S/C23H30N4O2S/c28-22-17-11-13-26(16-7-2-1-3-8-16)15-18(17)24-21(25-22)19-9-4-5-12-27(19)23(29)20-10-6-14-30-20/h6,10,14,16,19H,1-5,7-9,11-13,15H2,(H,24,25,28). The number of carbonyl (C=O) groups is 1. The minimum absolute atomic E-state index is 0.00705. The summed E-state index contributed by atoms with van der Waals surface area (Å²) in [4.78, 5) is 39.2. The molecule has 1 saturated carbocycles. The first kappa shape index (κ1) is 19.9. The van der Waals surface area contributed by atoms with Gasteiger partial charge in [-0.3, -0.25) is 14.5 Å². The van der Waals surface area contributed by atoms with Crippen molar-refractivity contribution in [3.05, 3.63) is 49.8 Å². The Bertz CT molecular complexity index is 949. The van der Waals surface area contributed by atoms with Crippen molar-refractivity contribution in [2.45, 2.75) is 76.4 Å². The van der Waals surface area contributed by atoms with Crippen LogP contribution in [0.3, 0.4) is 0 Å². The first-order chi connectivity index (χ1) is 14.7. The van der Waals surface area contributed by atoms with Gasteiger partial charge >= 0.3 is 0 Å². The van der Waals surface area contributed by atoms with E-state index in [1.807, 2.05) is 22.4 Å². The Labute approximate surface area is 181 Å². The van der Waals surface area contributed by atoms with Gasteiger partial charge < -0.3 is 9.88 Å². The summed E-state index contributed by atoms with van der Waals surface area (Å²) in [5.41, 5.74) is 1.77. The molecule has 0 radical (unpaired) electrons. The summed E-state index contributed by atoms with van der Waals surface area (Å²) < 4.78 is 0. The molecule has 1 N–H and O–H groups in total. The van der Waals surface area contributed by atoms with E-state index < -0.39 is 0 Å². The molecule has 1 unspecified atom stereocenters. The second-order valence-electron chi connectivity index (χ2n) is 8.88. The number of piperidine rings is 1. The predicted molar refractivity (Wildman–Crippen MR) is 118 cm³/mol. The Morgan fingerprint density at radius 1 is 1.10 bits per heavy atom. The molecule has 1 saturated heterocycles. The Balaban J connectivity index is 1.42. The highest BCUT2D eigenvalue weighted by Crippen LogP contribution is 2.32. The van der Waals surface area contributed by atoms with Crippen molar-refractivity contribution in [3.8, 4) is 0 Å². The number of hydrogen-bond acceptors (Lipinski definition) is 5. The van der Waals surface area contributed by atoms with Crippen LogP contribution in [0.5, 0.6) is 0 Å². The van der Waals surface area contributed by atoms with Crippen LogP contribution in [0, 0.1) is 0 Å². The summed E-state index contributed by atoms with van der Waals surface area (Å²) in [6, 6.07) is 4.28. The van der Waals surface area contributed by atoms with E-state index in [1.165, 1.54) is 43.4 Å². The maximum absolute atomic E-state index is 13.1. The number of rotatable bonds is 3. The molecule has 3 aliphatic rings. The summed E-state index contributed by atoms with van der Waals surface area (Å²) in [7, 11) is 0. The molecule has 2 aliphatic heterocycles. The Morgan fingerprint density at radius 3 is 2.73 bits per heavy atom. The fourth-order valence-corrected chi connectivity index (χ4v) is 6.07. The third-order valence-electron chi connectivity index (χ3n) is 7.02. The van der Waals surface area contributed by atoms with Crippen LogP contribution in [0.2, 0.25) is 0 Å². The predicted octanol–water partition coefficient (Wildman–Crippen LogP) is 3.89. The van der Waals surface area contributed by atoms with E-state index in [0.29, 0.717) is 11.9 Å². The van der Waals surface area contributed by atoms with Crippen LogP contribution in [0.4, 0.5) is 0 Å². The van der Waals surface area contributed by atoms with Crippen LogP contribution in [0.15, 0.2) is 22.3 Å². The number of nitrogens with zero attached hydrogens (tertiary/aromatic N) is 3. The van der Waals surface area contributed by atoms with Crippen molar-refractivity contribution in [3.63, 3.8) is 0 Å². The molecule has 0 spiro atoms. The number of thiophene rings is 1. The highest BCUT2D eigenvalue weighted by atomic mass is 32.1. The van der Waals surface area contributed by atoms with E-state index in [0.717, 1.165) is 61.5 Å². The molecule has 2 aromatic heterocycles. The minimum Gasteiger partial charge on any atom is -0.328 e. The first-order valence-corrected chi connectivity index (χ1v) is 12.3. The van der Waals surface area contributed by atoms with Gasteiger partial charge in [-0.2, -0.15) is 0 Å². The van der Waals surface area contributed by atoms with Crippen LogP contribution in [-0.4, -0.2) is 44.8 Å². The van der Waals surface area contributed by atoms with E-state index in [9.17, 15) is 9.59 Å². The number of aromatic nitrogens is 2. The average molecular weight is 427 g/mol. The van der Waals surface area contributed by atoms with Crippen LogP contribution >= 0.6 is 11.3 Å². The molecule has 1 aliphatic carbocycles. The Kier molecular flexibility index (Phi) is 5.74. The molecule has 2 fully saturated rings. The van der Waals surface area contributed by atoms with Gasteiger partial charge in [0.05, 0.1) is 16.6 Å². The van der Waals surface area contributed by atoms with Crippen LogP contribution in [0.1, 0.15) is 84.2 Å². The van der Waals surface area contributed by atoms with Gasteiger partial charge in [0.25, 0.3) is 11.5 Å². The molecular weight excluding hydrogens is 396 g/mol. The van der Waals surface area contributed by atoms with E-state index in [4.69, 9.17) is 4.98 Å². The van der Waals surface area contributed by atoms with Crippen molar-refractivity contribution >= 4 is 17.2 Å². The Hall–Kier alpha value is -1.99. The lowest BCUT2D eigenvalue weighted by Crippen LogP contribution is -2.44. The number of carbonyl (C=O) groups excluding carboxylic acids is 1. The number of amides is 1. The van der Waals surface area contributed by atoms with Gasteiger partial charge in [0.15, 0.2) is 0 Å². The molecule has 4 heterocycles. The fourth-order valence-electron chi connectivity index (χ4n) is 5.40. The first-order valence-electron chi connectivity index (χ1n) is 11.4. The van der Waals surface area contributed by atoms with Gasteiger partial charge in [-0.25, -0.2) is 4.98 Å². The zero-order valence-corrected chi connectivity index (χ0v) is 18.3. The molecule has 30 heavy (non-hydrogen) atoms. The maximum Gasteiger partial charge on any atom is 0.264 e. The molecule has 0 aromatic carbocycles. The lowest BCUT2D eigenvalue weighted by atomic mass is 9.92. The Morgan fingerprint density at radius 2 is 1.93 bits per heavy atom. The summed E-state index contributed by atoms with van der Waals surface area (Å²) >= 11 is 1.47. The molecule has 1 amide bonds. The molecule has 0 bridgehead atoms. The molecule has 1 atom stereocenters. The van der Waals surface area contributed by atoms with Gasteiger partial charge in [0.1, 0.15) is 5.82 Å². The van der Waals surface area contributed by atoms with E-state index in [1.54, 1.807) is 0 Å². The summed E-state index contributed by atoms with van der Waals surface area (Å²) in [6.45, 7) is 2.44. The van der Waals surface area contributed by atoms with Gasteiger partial charge in [0.2, 0.25) is 0 Å². The molecular formula is C23H30N4O2S. The lowest BCUT2D eigenvalue weighted by Gasteiger charge is -2.38. The molecule has 5 rings (SSSR count). The number of likely N-dealkylation sites (tertiary alicyclic amines) is 1. The van der Waals surface area contributed by atoms with Crippen LogP contribution in [-0.2, 0) is 13.0 Å². The minimum atomic E-state index is -0.142. The maximum atomic E-state index is 13.1. The zero-order chi connectivity index (χ0) is 20.5. The van der Waals surface area contributed by atoms with E-state index >= 15 is 0 Å². The number of hydrogen-bond donors (Lipinski definition) is 1. The summed E-state index contributed by atoms with van der Waals surface area (Å²) in [6.07, 6.45) is 10.2. The van der Waals surface area contributed by atoms with E-state index in [-0.39, 0.29) is 17.5 Å². The normalized spacial score (nSPS) is 23.3. The third-order valence-corrected chi connectivity index (χ3v) is 7.88. The SMILES string of the molecule is O=C(c1cccs1)N1CCCCC1c1nc2c(c(=O)[nH]1)CCN(C1CCCCC1)C2. The van der Waals surface area contributed by atoms with E-state index in [2.05, 4.69) is 9.88 Å². The van der Waals surface area contributed by atoms with Crippen molar-refractivity contribution in [1.82, 2.24) is 19.8 Å². The third kappa shape index (κ3) is 3.85. The zero-order valence-electron chi connectivity index (χ0n) is 17.4. The van der Waals surface area contributed by atoms with Crippen molar-refractivity contribution in [2.24, 2.45) is 0 Å². The molecule has 6 nitrogen and oxygen atoms in total. The van der Waals surface area contributed by atoms with Crippen LogP contribution in [0.25, 0.3) is 0 Å². The van der Waals surface area contributed by atoms with Gasteiger partial charge in [0, 0.05) is 31.2 Å². The van der Waals surface area contributed by atoms with Crippen molar-refractivity contribution in [1.29, 1.82) is 0 Å². The van der Waals surface area contributed by atoms with Crippen molar-refractivity contribution < 1.29 is 4.79 Å². The molecule has 160 valence electrons. The largest absolute Gasteiger partial charge is 0.328 e. The highest BCUT2D eigenvalue weighted by Gasteiger charge is 2.33. The fraction of sp³-hybridized carbons (Fsp3) is 0.609. The lowest BCUT2D eigenvalue weighted by molar-refractivity contribution is 0.0603.